The molecule has 2 aromatic carbocycles. The fourth-order valence-electron chi connectivity index (χ4n) is 3.66. The molecule has 4 rings (SSSR count). The average Bonchev–Trinajstić information content (AvgIpc) is 3.11. The van der Waals surface area contributed by atoms with Crippen molar-refractivity contribution in [2.24, 2.45) is 0 Å². The van der Waals surface area contributed by atoms with Crippen LogP contribution in [0.2, 0.25) is 0 Å². The lowest BCUT2D eigenvalue weighted by Gasteiger charge is -2.35. The van der Waals surface area contributed by atoms with E-state index >= 15 is 0 Å². The number of H-pyrrole nitrogens is 1. The molecule has 0 spiro atoms. The number of hydrogen-bond donors (Lipinski definition) is 3. The monoisotopic (exact) mass is 430 g/mol. The van der Waals surface area contributed by atoms with Crippen LogP contribution in [0.5, 0.6) is 0 Å². The van der Waals surface area contributed by atoms with Gasteiger partial charge in [-0.15, -0.1) is 0 Å². The van der Waals surface area contributed by atoms with Crippen LogP contribution in [0.15, 0.2) is 48.7 Å². The summed E-state index contributed by atoms with van der Waals surface area (Å²) < 4.78 is 38.2. The van der Waals surface area contributed by atoms with Gasteiger partial charge in [-0.05, 0) is 56.1 Å². The first-order valence-electron chi connectivity index (χ1n) is 9.66. The largest absolute Gasteiger partial charge is 0.416 e. The number of alkyl halides is 3. The number of nitrogens with one attached hydrogen (secondary N) is 3. The van der Waals surface area contributed by atoms with Crippen LogP contribution in [0, 0.1) is 0 Å². The van der Waals surface area contributed by atoms with Crippen LogP contribution < -0.4 is 10.6 Å². The number of benzene rings is 2. The number of aromatic amines is 1. The number of ketones is 2. The predicted octanol–water partition coefficient (Wildman–Crippen LogP) is 3.66. The number of halogens is 3. The van der Waals surface area contributed by atoms with Gasteiger partial charge in [-0.25, -0.2) is 0 Å². The standard InChI is InChI=1S/C22H21F3N4O2/c1-29(2)11-12-3-8-16-15(9-12)17(10-26-16)28-19-18(20(30)21(19)31)27-14-6-4-13(5-7-14)22(23,24)25/h3-10,18-19,26-28H,11H2,1-2H3. The summed E-state index contributed by atoms with van der Waals surface area (Å²) in [5, 5.41) is 6.87. The van der Waals surface area contributed by atoms with Crippen molar-refractivity contribution in [2.75, 3.05) is 24.7 Å². The second-order valence-corrected chi connectivity index (χ2v) is 7.87. The van der Waals surface area contributed by atoms with Crippen LogP contribution in [0.4, 0.5) is 24.5 Å². The molecule has 0 bridgehead atoms. The van der Waals surface area contributed by atoms with Gasteiger partial charge in [0.2, 0.25) is 11.6 Å². The zero-order chi connectivity index (χ0) is 22.3. The van der Waals surface area contributed by atoms with Crippen molar-refractivity contribution >= 4 is 33.8 Å². The molecule has 1 fully saturated rings. The maximum atomic E-state index is 12.7. The van der Waals surface area contributed by atoms with Gasteiger partial charge < -0.3 is 20.5 Å². The molecule has 1 aromatic heterocycles. The van der Waals surface area contributed by atoms with E-state index in [0.717, 1.165) is 35.1 Å². The second-order valence-electron chi connectivity index (χ2n) is 7.87. The van der Waals surface area contributed by atoms with E-state index in [9.17, 15) is 22.8 Å². The van der Waals surface area contributed by atoms with Crippen molar-refractivity contribution < 1.29 is 22.8 Å². The molecule has 3 N–H and O–H groups in total. The highest BCUT2D eigenvalue weighted by atomic mass is 19.4. The number of carbonyl (C=O) groups is 2. The van der Waals surface area contributed by atoms with E-state index in [1.54, 1.807) is 6.20 Å². The Kier molecular flexibility index (Phi) is 5.22. The molecular formula is C22H21F3N4O2. The fourth-order valence-corrected chi connectivity index (χ4v) is 3.66. The zero-order valence-corrected chi connectivity index (χ0v) is 16.9. The Labute approximate surface area is 176 Å². The SMILES string of the molecule is CN(C)Cc1ccc2[nH]cc(NC3C(=O)C(=O)C3Nc3ccc(C(F)(F)F)cc3)c2c1. The number of rotatable bonds is 6. The van der Waals surface area contributed by atoms with E-state index in [4.69, 9.17) is 0 Å². The molecule has 1 heterocycles. The van der Waals surface area contributed by atoms with E-state index in [1.807, 2.05) is 37.2 Å². The first-order chi connectivity index (χ1) is 14.6. The van der Waals surface area contributed by atoms with Crippen LogP contribution in [0.3, 0.4) is 0 Å². The molecule has 3 aromatic rings. The molecule has 1 saturated carbocycles. The molecule has 0 amide bonds. The molecule has 2 unspecified atom stereocenters. The summed E-state index contributed by atoms with van der Waals surface area (Å²) in [6.45, 7) is 0.750. The first-order valence-corrected chi connectivity index (χ1v) is 9.66. The molecule has 31 heavy (non-hydrogen) atoms. The zero-order valence-electron chi connectivity index (χ0n) is 16.9. The van der Waals surface area contributed by atoms with Crippen molar-refractivity contribution in [3.05, 3.63) is 59.8 Å². The van der Waals surface area contributed by atoms with Crippen LogP contribution in [0.1, 0.15) is 11.1 Å². The molecule has 1 aliphatic rings. The van der Waals surface area contributed by atoms with Gasteiger partial charge in [-0.1, -0.05) is 6.07 Å². The van der Waals surface area contributed by atoms with Crippen molar-refractivity contribution in [2.45, 2.75) is 24.8 Å². The lowest BCUT2D eigenvalue weighted by Crippen LogP contribution is -2.64. The number of anilines is 2. The van der Waals surface area contributed by atoms with E-state index in [0.29, 0.717) is 11.4 Å². The van der Waals surface area contributed by atoms with E-state index in [1.165, 1.54) is 12.1 Å². The number of Topliss-reactive ketones (excluding diaryl/α,β-unsaturated/α-hetero) is 2. The van der Waals surface area contributed by atoms with Gasteiger partial charge in [0.1, 0.15) is 12.1 Å². The Hall–Kier alpha value is -3.33. The third-order valence-corrected chi connectivity index (χ3v) is 5.23. The smallest absolute Gasteiger partial charge is 0.373 e. The normalized spacial score (nSPS) is 19.0. The van der Waals surface area contributed by atoms with Crippen LogP contribution in [-0.4, -0.2) is 47.6 Å². The van der Waals surface area contributed by atoms with Gasteiger partial charge in [0.15, 0.2) is 0 Å². The molecule has 6 nitrogen and oxygen atoms in total. The number of aromatic nitrogens is 1. The summed E-state index contributed by atoms with van der Waals surface area (Å²) in [5.41, 5.74) is 2.21. The van der Waals surface area contributed by atoms with Crippen molar-refractivity contribution in [3.63, 3.8) is 0 Å². The molecule has 9 heteroatoms. The lowest BCUT2D eigenvalue weighted by atomic mass is 9.82. The molecule has 1 aliphatic carbocycles. The summed E-state index contributed by atoms with van der Waals surface area (Å²) in [7, 11) is 3.94. The Morgan fingerprint density at radius 3 is 2.23 bits per heavy atom. The first kappa shape index (κ1) is 20.9. The highest BCUT2D eigenvalue weighted by Crippen LogP contribution is 2.31. The molecule has 0 aliphatic heterocycles. The van der Waals surface area contributed by atoms with Crippen LogP contribution in [0.25, 0.3) is 10.9 Å². The Morgan fingerprint density at radius 1 is 0.968 bits per heavy atom. The molecule has 2 atom stereocenters. The van der Waals surface area contributed by atoms with Gasteiger partial charge >= 0.3 is 6.18 Å². The van der Waals surface area contributed by atoms with Crippen LogP contribution in [-0.2, 0) is 22.3 Å². The van der Waals surface area contributed by atoms with Gasteiger partial charge in [0.25, 0.3) is 0 Å². The predicted molar refractivity (Wildman–Crippen MR) is 112 cm³/mol. The Bertz CT molecular complexity index is 1140. The Balaban J connectivity index is 1.52. The third kappa shape index (κ3) is 4.13. The number of carbonyl (C=O) groups excluding carboxylic acids is 2. The highest BCUT2D eigenvalue weighted by molar-refractivity contribution is 6.50. The summed E-state index contributed by atoms with van der Waals surface area (Å²) >= 11 is 0. The Morgan fingerprint density at radius 2 is 1.61 bits per heavy atom. The van der Waals surface area contributed by atoms with E-state index in [2.05, 4.69) is 15.6 Å². The van der Waals surface area contributed by atoms with Gasteiger partial charge in [-0.2, -0.15) is 13.2 Å². The molecule has 162 valence electrons. The maximum absolute atomic E-state index is 12.7. The van der Waals surface area contributed by atoms with Gasteiger partial charge in [0, 0.05) is 29.3 Å². The summed E-state index contributed by atoms with van der Waals surface area (Å²) in [4.78, 5) is 29.5. The third-order valence-electron chi connectivity index (χ3n) is 5.23. The summed E-state index contributed by atoms with van der Waals surface area (Å²) in [5.74, 6) is -1.17. The quantitative estimate of drug-likeness (QED) is 0.521. The average molecular weight is 430 g/mol. The fraction of sp³-hybridized carbons (Fsp3) is 0.273. The minimum Gasteiger partial charge on any atom is -0.373 e. The van der Waals surface area contributed by atoms with Crippen molar-refractivity contribution in [1.29, 1.82) is 0 Å². The number of nitrogens with zero attached hydrogens (tertiary/aromatic N) is 1. The molecular weight excluding hydrogens is 409 g/mol. The van der Waals surface area contributed by atoms with Crippen molar-refractivity contribution in [3.8, 4) is 0 Å². The number of fused-ring (bicyclic) bond motifs is 1. The van der Waals surface area contributed by atoms with Gasteiger partial charge in [0.05, 0.1) is 11.3 Å². The summed E-state index contributed by atoms with van der Waals surface area (Å²) in [6, 6.07) is 8.65. The summed E-state index contributed by atoms with van der Waals surface area (Å²) in [6.07, 6.45) is -2.71. The lowest BCUT2D eigenvalue weighted by molar-refractivity contribution is -0.144. The minimum atomic E-state index is -4.44. The van der Waals surface area contributed by atoms with Gasteiger partial charge in [-0.3, -0.25) is 9.59 Å². The van der Waals surface area contributed by atoms with E-state index < -0.39 is 35.4 Å². The maximum Gasteiger partial charge on any atom is 0.416 e. The second kappa shape index (κ2) is 7.73. The number of hydrogen-bond acceptors (Lipinski definition) is 5. The minimum absolute atomic E-state index is 0.331. The van der Waals surface area contributed by atoms with Crippen molar-refractivity contribution in [1.82, 2.24) is 9.88 Å². The highest BCUT2D eigenvalue weighted by Gasteiger charge is 2.49. The molecule has 0 radical (unpaired) electrons. The topological polar surface area (TPSA) is 77.2 Å². The van der Waals surface area contributed by atoms with Crippen LogP contribution >= 0.6 is 0 Å². The molecule has 0 saturated heterocycles. The van der Waals surface area contributed by atoms with E-state index in [-0.39, 0.29) is 0 Å².